The lowest BCUT2D eigenvalue weighted by Gasteiger charge is -2.29. The van der Waals surface area contributed by atoms with Crippen LogP contribution < -0.4 is 49.1 Å². The van der Waals surface area contributed by atoms with Crippen LogP contribution in [0.25, 0.3) is 10.9 Å². The van der Waals surface area contributed by atoms with Gasteiger partial charge in [-0.25, -0.2) is 4.98 Å². The number of likely N-dealkylation sites (tertiary alicyclic amines) is 1. The topological polar surface area (TPSA) is 347 Å². The van der Waals surface area contributed by atoms with Gasteiger partial charge in [-0.3, -0.25) is 43.3 Å². The summed E-state index contributed by atoms with van der Waals surface area (Å²) >= 11 is 0. The third-order valence-electron chi connectivity index (χ3n) is 10.2. The van der Waals surface area contributed by atoms with Crippen LogP contribution in [0.3, 0.4) is 0 Å². The number of nitrogens with zero attached hydrogens (tertiary/aromatic N) is 3. The third-order valence-corrected chi connectivity index (χ3v) is 10.2. The molecule has 4 heterocycles. The fourth-order valence-corrected chi connectivity index (χ4v) is 7.14. The van der Waals surface area contributed by atoms with Crippen LogP contribution in [0.2, 0.25) is 0 Å². The predicted octanol–water partition coefficient (Wildman–Crippen LogP) is -3.44. The molecule has 1 aromatic carbocycles. The molecule has 2 aliphatic rings. The molecule has 2 aromatic heterocycles. The molecule has 2 aliphatic heterocycles. The molecule has 322 valence electrons. The Hall–Kier alpha value is -7.00. The molecule has 2 saturated heterocycles. The Morgan fingerprint density at radius 1 is 0.900 bits per heavy atom. The van der Waals surface area contributed by atoms with E-state index < -0.39 is 84.1 Å². The predicted molar refractivity (Wildman–Crippen MR) is 216 cm³/mol. The number of carbonyl (C=O) groups excluding carboxylic acids is 8. The first kappa shape index (κ1) is 44.1. The minimum Gasteiger partial charge on any atom is -0.370 e. The summed E-state index contributed by atoms with van der Waals surface area (Å²) in [5, 5.41) is 16.6. The van der Waals surface area contributed by atoms with E-state index in [0.29, 0.717) is 24.1 Å². The molecule has 22 nitrogen and oxygen atoms in total. The van der Waals surface area contributed by atoms with E-state index in [0.717, 1.165) is 10.9 Å². The van der Waals surface area contributed by atoms with Crippen molar-refractivity contribution in [2.24, 2.45) is 22.2 Å². The molecule has 2 fully saturated rings. The lowest BCUT2D eigenvalue weighted by atomic mass is 10.0. The molecular weight excluding hydrogens is 781 g/mol. The van der Waals surface area contributed by atoms with E-state index in [1.807, 2.05) is 24.3 Å². The highest BCUT2D eigenvalue weighted by Gasteiger charge is 2.39. The number of H-pyrrole nitrogens is 2. The van der Waals surface area contributed by atoms with Gasteiger partial charge in [-0.05, 0) is 50.7 Å². The van der Waals surface area contributed by atoms with Gasteiger partial charge in [0.05, 0.1) is 12.9 Å². The number of primary amides is 1. The number of nitrogens with one attached hydrogen (secondary N) is 8. The average Bonchev–Trinajstić information content (AvgIpc) is 4.06. The number of benzene rings is 1. The highest BCUT2D eigenvalue weighted by atomic mass is 16.2. The summed E-state index contributed by atoms with van der Waals surface area (Å²) in [4.78, 5) is 120. The molecule has 0 saturated carbocycles. The van der Waals surface area contributed by atoms with Crippen LogP contribution in [-0.2, 0) is 51.2 Å². The molecular formula is C38H52N14O8. The number of guanidine groups is 1. The van der Waals surface area contributed by atoms with Crippen LogP contribution >= 0.6 is 0 Å². The Morgan fingerprint density at radius 3 is 2.33 bits per heavy atom. The van der Waals surface area contributed by atoms with Crippen LogP contribution in [0.15, 0.2) is 48.0 Å². The number of rotatable bonds is 20. The van der Waals surface area contributed by atoms with Crippen LogP contribution in [0.4, 0.5) is 0 Å². The fraction of sp³-hybridized carbons (Fsp3) is 0.474. The van der Waals surface area contributed by atoms with Gasteiger partial charge in [0.1, 0.15) is 36.3 Å². The van der Waals surface area contributed by atoms with Crippen molar-refractivity contribution in [2.75, 3.05) is 19.6 Å². The number of aromatic nitrogens is 3. The first-order valence-electron chi connectivity index (χ1n) is 19.6. The lowest BCUT2D eigenvalue weighted by molar-refractivity contribution is -0.142. The molecule has 0 radical (unpaired) electrons. The summed E-state index contributed by atoms with van der Waals surface area (Å²) in [5.74, 6) is -5.09. The number of hydrogen-bond acceptors (Lipinski definition) is 10. The van der Waals surface area contributed by atoms with E-state index in [-0.39, 0.29) is 63.5 Å². The van der Waals surface area contributed by atoms with Crippen molar-refractivity contribution in [1.82, 2.24) is 51.8 Å². The number of aromatic amines is 2. The van der Waals surface area contributed by atoms with Gasteiger partial charge in [0.2, 0.25) is 47.3 Å². The number of nitrogens with two attached hydrogens (primary N) is 3. The molecule has 5 rings (SSSR count). The summed E-state index contributed by atoms with van der Waals surface area (Å²) in [7, 11) is 0. The number of hydrogen-bond donors (Lipinski definition) is 11. The Balaban J connectivity index is 1.33. The van der Waals surface area contributed by atoms with Gasteiger partial charge in [0.25, 0.3) is 0 Å². The van der Waals surface area contributed by atoms with Crippen molar-refractivity contribution in [2.45, 2.75) is 94.5 Å². The molecule has 0 aliphatic carbocycles. The number of aliphatic imine (C=N–C) groups is 1. The second kappa shape index (κ2) is 20.6. The van der Waals surface area contributed by atoms with Gasteiger partial charge < -0.3 is 64.0 Å². The molecule has 14 N–H and O–H groups in total. The molecule has 0 bridgehead atoms. The zero-order chi connectivity index (χ0) is 43.3. The van der Waals surface area contributed by atoms with E-state index in [1.54, 1.807) is 6.20 Å². The normalized spacial score (nSPS) is 18.0. The number of para-hydroxylation sites is 1. The summed E-state index contributed by atoms with van der Waals surface area (Å²) in [6.07, 6.45) is 6.13. The van der Waals surface area contributed by atoms with Crippen molar-refractivity contribution in [1.29, 1.82) is 0 Å². The highest BCUT2D eigenvalue weighted by Crippen LogP contribution is 2.21. The maximum Gasteiger partial charge on any atom is 0.245 e. The van der Waals surface area contributed by atoms with Gasteiger partial charge in [-0.15, -0.1) is 0 Å². The van der Waals surface area contributed by atoms with Gasteiger partial charge >= 0.3 is 0 Å². The molecule has 6 atom stereocenters. The zero-order valence-electron chi connectivity index (χ0n) is 33.1. The van der Waals surface area contributed by atoms with Gasteiger partial charge in [-0.1, -0.05) is 18.2 Å². The monoisotopic (exact) mass is 832 g/mol. The van der Waals surface area contributed by atoms with Crippen molar-refractivity contribution >= 4 is 64.1 Å². The maximum absolute atomic E-state index is 14.1. The smallest absolute Gasteiger partial charge is 0.245 e. The zero-order valence-corrected chi connectivity index (χ0v) is 33.1. The number of fused-ring (bicyclic) bond motifs is 1. The molecule has 0 unspecified atom stereocenters. The van der Waals surface area contributed by atoms with Crippen molar-refractivity contribution in [3.8, 4) is 0 Å². The SMILES string of the molecule is C[C@@H](NC(=O)[C@H](Cc1c[nH]c2ccccc12)NC(=O)[C@H](Cc1cnc[nH]1)NC(=O)[C@@H]1CCC(=O)N1)C(=O)N[C@@H](CCCN=C(N)N)C(=O)N1CCC[C@H]1C(=O)NCC(N)=O. The van der Waals surface area contributed by atoms with Gasteiger partial charge in [0, 0.05) is 61.3 Å². The minimum atomic E-state index is -1.28. The summed E-state index contributed by atoms with van der Waals surface area (Å²) in [6, 6.07) is 0.742. The van der Waals surface area contributed by atoms with Crippen molar-refractivity contribution < 1.29 is 38.4 Å². The van der Waals surface area contributed by atoms with Crippen molar-refractivity contribution in [3.05, 3.63) is 54.2 Å². The lowest BCUT2D eigenvalue weighted by Crippen LogP contribution is -2.59. The van der Waals surface area contributed by atoms with Crippen LogP contribution in [0, 0.1) is 0 Å². The van der Waals surface area contributed by atoms with Crippen LogP contribution in [0.5, 0.6) is 0 Å². The molecule has 22 heteroatoms. The summed E-state index contributed by atoms with van der Waals surface area (Å²) < 4.78 is 0. The van der Waals surface area contributed by atoms with E-state index in [4.69, 9.17) is 17.2 Å². The summed E-state index contributed by atoms with van der Waals surface area (Å²) in [5.41, 5.74) is 18.1. The Labute approximate surface area is 344 Å². The Kier molecular flexibility index (Phi) is 15.2. The molecule has 3 aromatic rings. The molecule has 0 spiro atoms. The third kappa shape index (κ3) is 12.0. The van der Waals surface area contributed by atoms with E-state index >= 15 is 0 Å². The van der Waals surface area contributed by atoms with Crippen molar-refractivity contribution in [3.63, 3.8) is 0 Å². The summed E-state index contributed by atoms with van der Waals surface area (Å²) in [6.45, 7) is 1.36. The van der Waals surface area contributed by atoms with E-state index in [2.05, 4.69) is 51.8 Å². The number of imidazole rings is 1. The van der Waals surface area contributed by atoms with E-state index in [1.165, 1.54) is 24.3 Å². The first-order valence-corrected chi connectivity index (χ1v) is 19.6. The minimum absolute atomic E-state index is 0.0260. The first-order chi connectivity index (χ1) is 28.7. The standard InChI is InChI=1S/C38H52N14O8/c1-20(32(55)49-26(8-4-12-43-38(40)41)37(60)52-13-5-9-29(52)36(59)45-18-30(39)53)47-34(57)27(14-21-16-44-24-7-3-2-6-23(21)24)50-35(58)28(15-22-17-42-19-46-22)51-33(56)25-10-11-31(54)48-25/h2-3,6-7,16-17,19-20,25-29,44H,4-5,8-15,18H2,1H3,(H2,39,53)(H,42,46)(H,45,59)(H,47,57)(H,48,54)(H,49,55)(H,50,58)(H,51,56)(H4,40,41,43)/t20-,25+,26+,27+,28+,29+/m1/s1. The number of amides is 8. The van der Waals surface area contributed by atoms with Crippen LogP contribution in [-0.4, -0.2) is 129 Å². The van der Waals surface area contributed by atoms with Crippen LogP contribution in [0.1, 0.15) is 56.7 Å². The van der Waals surface area contributed by atoms with Gasteiger partial charge in [-0.2, -0.15) is 0 Å². The maximum atomic E-state index is 14.1. The second-order valence-electron chi connectivity index (χ2n) is 14.7. The van der Waals surface area contributed by atoms with E-state index in [9.17, 15) is 38.4 Å². The largest absolute Gasteiger partial charge is 0.370 e. The quantitative estimate of drug-likeness (QED) is 0.0302. The molecule has 8 amide bonds. The second-order valence-corrected chi connectivity index (χ2v) is 14.7. The van der Waals surface area contributed by atoms with Gasteiger partial charge in [0.15, 0.2) is 5.96 Å². The fourth-order valence-electron chi connectivity index (χ4n) is 7.14. The highest BCUT2D eigenvalue weighted by molar-refractivity contribution is 5.98. The Morgan fingerprint density at radius 2 is 1.63 bits per heavy atom. The number of carbonyl (C=O) groups is 8. The molecule has 60 heavy (non-hydrogen) atoms. The Bertz CT molecular complexity index is 2080. The average molecular weight is 833 g/mol.